The SMILES string of the molecule is CCCCCCCCc1cc(O)c(O)c(C(=O)O)c1. The molecule has 0 bridgehead atoms. The molecule has 0 aliphatic heterocycles. The summed E-state index contributed by atoms with van der Waals surface area (Å²) in [6, 6.07) is 2.87. The number of phenolic OH excluding ortho intramolecular Hbond substituents is 1. The number of carboxylic acid groups (broad SMARTS) is 1. The molecule has 0 fully saturated rings. The van der Waals surface area contributed by atoms with Gasteiger partial charge in [0, 0.05) is 0 Å². The smallest absolute Gasteiger partial charge is 0.339 e. The van der Waals surface area contributed by atoms with Gasteiger partial charge in [-0.05, 0) is 30.5 Å². The molecule has 0 amide bonds. The Kier molecular flexibility index (Phi) is 6.19. The van der Waals surface area contributed by atoms with Gasteiger partial charge in [-0.3, -0.25) is 0 Å². The van der Waals surface area contributed by atoms with Crippen LogP contribution in [0.1, 0.15) is 61.4 Å². The quantitative estimate of drug-likeness (QED) is 0.495. The van der Waals surface area contributed by atoms with Crippen LogP contribution in [0.25, 0.3) is 0 Å². The number of carbonyl (C=O) groups is 1. The predicted molar refractivity (Wildman–Crippen MR) is 73.8 cm³/mol. The minimum absolute atomic E-state index is 0.235. The molecule has 0 atom stereocenters. The molecule has 0 unspecified atom stereocenters. The van der Waals surface area contributed by atoms with E-state index >= 15 is 0 Å². The molecule has 106 valence electrons. The third kappa shape index (κ3) is 4.81. The molecular weight excluding hydrogens is 244 g/mol. The first-order chi connectivity index (χ1) is 9.06. The number of hydrogen-bond donors (Lipinski definition) is 3. The van der Waals surface area contributed by atoms with E-state index in [9.17, 15) is 15.0 Å². The minimum atomic E-state index is -1.22. The first kappa shape index (κ1) is 15.3. The summed E-state index contributed by atoms with van der Waals surface area (Å²) >= 11 is 0. The second-order valence-electron chi connectivity index (χ2n) is 4.83. The topological polar surface area (TPSA) is 77.8 Å². The molecule has 0 saturated heterocycles. The number of aryl methyl sites for hydroxylation is 1. The van der Waals surface area contributed by atoms with Crippen molar-refractivity contribution in [3.8, 4) is 11.5 Å². The van der Waals surface area contributed by atoms with Gasteiger partial charge in [-0.2, -0.15) is 0 Å². The summed E-state index contributed by atoms with van der Waals surface area (Å²) in [5.41, 5.74) is 0.518. The zero-order chi connectivity index (χ0) is 14.3. The summed E-state index contributed by atoms with van der Waals surface area (Å²) < 4.78 is 0. The van der Waals surface area contributed by atoms with Crippen LogP contribution in [0.3, 0.4) is 0 Å². The number of hydrogen-bond acceptors (Lipinski definition) is 3. The van der Waals surface area contributed by atoms with Crippen molar-refractivity contribution in [3.05, 3.63) is 23.3 Å². The number of carboxylic acids is 1. The number of aromatic carboxylic acids is 1. The molecule has 1 rings (SSSR count). The highest BCUT2D eigenvalue weighted by Gasteiger charge is 2.14. The summed E-state index contributed by atoms with van der Waals surface area (Å²) in [6.45, 7) is 2.17. The average molecular weight is 266 g/mol. The van der Waals surface area contributed by atoms with Crippen LogP contribution >= 0.6 is 0 Å². The van der Waals surface area contributed by atoms with E-state index in [1.807, 2.05) is 0 Å². The maximum atomic E-state index is 10.9. The number of phenols is 2. The Hall–Kier alpha value is -1.71. The van der Waals surface area contributed by atoms with Gasteiger partial charge in [-0.25, -0.2) is 4.79 Å². The fraction of sp³-hybridized carbons (Fsp3) is 0.533. The van der Waals surface area contributed by atoms with Gasteiger partial charge in [0.1, 0.15) is 5.56 Å². The Bertz CT molecular complexity index is 426. The van der Waals surface area contributed by atoms with Crippen molar-refractivity contribution in [3.63, 3.8) is 0 Å². The van der Waals surface area contributed by atoms with Crippen molar-refractivity contribution in [2.24, 2.45) is 0 Å². The molecule has 0 saturated carbocycles. The molecule has 0 spiro atoms. The molecule has 4 heteroatoms. The Balaban J connectivity index is 2.52. The Morgan fingerprint density at radius 1 is 1.05 bits per heavy atom. The predicted octanol–water partition coefficient (Wildman–Crippen LogP) is 3.70. The molecule has 3 N–H and O–H groups in total. The first-order valence-corrected chi connectivity index (χ1v) is 6.84. The largest absolute Gasteiger partial charge is 0.504 e. The van der Waals surface area contributed by atoms with Crippen LogP contribution in [0.5, 0.6) is 11.5 Å². The lowest BCUT2D eigenvalue weighted by molar-refractivity contribution is 0.0693. The van der Waals surface area contributed by atoms with Crippen molar-refractivity contribution >= 4 is 5.97 Å². The van der Waals surface area contributed by atoms with Crippen LogP contribution in [0, 0.1) is 0 Å². The van der Waals surface area contributed by atoms with E-state index in [-0.39, 0.29) is 11.3 Å². The average Bonchev–Trinajstić information content (AvgIpc) is 2.37. The van der Waals surface area contributed by atoms with E-state index in [4.69, 9.17) is 5.11 Å². The number of rotatable bonds is 8. The van der Waals surface area contributed by atoms with Gasteiger partial charge in [-0.1, -0.05) is 39.0 Å². The van der Waals surface area contributed by atoms with Crippen molar-refractivity contribution in [1.82, 2.24) is 0 Å². The summed E-state index contributed by atoms with van der Waals surface area (Å²) in [5.74, 6) is -2.14. The lowest BCUT2D eigenvalue weighted by Gasteiger charge is -2.07. The fourth-order valence-electron chi connectivity index (χ4n) is 2.09. The first-order valence-electron chi connectivity index (χ1n) is 6.84. The van der Waals surface area contributed by atoms with Crippen LogP contribution in [0.4, 0.5) is 0 Å². The highest BCUT2D eigenvalue weighted by Crippen LogP contribution is 2.31. The summed E-state index contributed by atoms with van der Waals surface area (Å²) in [4.78, 5) is 10.9. The summed E-state index contributed by atoms with van der Waals surface area (Å²) in [5, 5.41) is 27.8. The van der Waals surface area contributed by atoms with Gasteiger partial charge < -0.3 is 15.3 Å². The number of aromatic hydroxyl groups is 2. The van der Waals surface area contributed by atoms with E-state index in [1.54, 1.807) is 0 Å². The molecule has 0 aliphatic rings. The highest BCUT2D eigenvalue weighted by molar-refractivity contribution is 5.92. The number of benzene rings is 1. The molecule has 0 aromatic heterocycles. The maximum Gasteiger partial charge on any atom is 0.339 e. The molecule has 1 aromatic carbocycles. The molecule has 1 aromatic rings. The van der Waals surface area contributed by atoms with Crippen LogP contribution < -0.4 is 0 Å². The molecular formula is C15H22O4. The van der Waals surface area contributed by atoms with E-state index in [1.165, 1.54) is 37.8 Å². The van der Waals surface area contributed by atoms with Gasteiger partial charge >= 0.3 is 5.97 Å². The van der Waals surface area contributed by atoms with Crippen LogP contribution in [-0.4, -0.2) is 21.3 Å². The van der Waals surface area contributed by atoms with Gasteiger partial charge in [-0.15, -0.1) is 0 Å². The van der Waals surface area contributed by atoms with Crippen molar-refractivity contribution in [2.75, 3.05) is 0 Å². The molecule has 4 nitrogen and oxygen atoms in total. The van der Waals surface area contributed by atoms with Gasteiger partial charge in [0.15, 0.2) is 11.5 Å². The lowest BCUT2D eigenvalue weighted by Crippen LogP contribution is -1.99. The Morgan fingerprint density at radius 3 is 2.32 bits per heavy atom. The molecule has 0 aliphatic carbocycles. The van der Waals surface area contributed by atoms with Gasteiger partial charge in [0.25, 0.3) is 0 Å². The Labute approximate surface area is 113 Å². The lowest BCUT2D eigenvalue weighted by atomic mass is 10.0. The standard InChI is InChI=1S/C15H22O4/c1-2-3-4-5-6-7-8-11-9-12(15(18)19)14(17)13(16)10-11/h9-10,16-17H,2-8H2,1H3,(H,18,19). The van der Waals surface area contributed by atoms with Gasteiger partial charge in [0.05, 0.1) is 0 Å². The van der Waals surface area contributed by atoms with Crippen LogP contribution in [-0.2, 0) is 6.42 Å². The van der Waals surface area contributed by atoms with Crippen molar-refractivity contribution < 1.29 is 20.1 Å². The molecule has 0 heterocycles. The molecule has 0 radical (unpaired) electrons. The number of unbranched alkanes of at least 4 members (excludes halogenated alkanes) is 5. The highest BCUT2D eigenvalue weighted by atomic mass is 16.4. The van der Waals surface area contributed by atoms with Gasteiger partial charge in [0.2, 0.25) is 0 Å². The zero-order valence-corrected chi connectivity index (χ0v) is 11.4. The second-order valence-corrected chi connectivity index (χ2v) is 4.83. The van der Waals surface area contributed by atoms with E-state index in [2.05, 4.69) is 6.92 Å². The third-order valence-electron chi connectivity index (χ3n) is 3.20. The maximum absolute atomic E-state index is 10.9. The minimum Gasteiger partial charge on any atom is -0.504 e. The zero-order valence-electron chi connectivity index (χ0n) is 11.4. The summed E-state index contributed by atoms with van der Waals surface area (Å²) in [6.07, 6.45) is 7.68. The summed E-state index contributed by atoms with van der Waals surface area (Å²) in [7, 11) is 0. The van der Waals surface area contributed by atoms with E-state index in [0.29, 0.717) is 0 Å². The van der Waals surface area contributed by atoms with Crippen LogP contribution in [0.15, 0.2) is 12.1 Å². The monoisotopic (exact) mass is 266 g/mol. The normalized spacial score (nSPS) is 10.6. The van der Waals surface area contributed by atoms with Crippen molar-refractivity contribution in [1.29, 1.82) is 0 Å². The van der Waals surface area contributed by atoms with Crippen LogP contribution in [0.2, 0.25) is 0 Å². The third-order valence-corrected chi connectivity index (χ3v) is 3.20. The second kappa shape index (κ2) is 7.67. The van der Waals surface area contributed by atoms with E-state index in [0.717, 1.165) is 24.8 Å². The molecule has 19 heavy (non-hydrogen) atoms. The fourth-order valence-corrected chi connectivity index (χ4v) is 2.09. The Morgan fingerprint density at radius 2 is 1.68 bits per heavy atom. The van der Waals surface area contributed by atoms with Crippen molar-refractivity contribution in [2.45, 2.75) is 51.9 Å². The van der Waals surface area contributed by atoms with E-state index < -0.39 is 11.7 Å².